The van der Waals surface area contributed by atoms with Gasteiger partial charge in [0.2, 0.25) is 0 Å². The Morgan fingerprint density at radius 3 is 2.76 bits per heavy atom. The standard InChI is InChI=1S/C17H20Cl2N2/c1-2-20-11-14(8-13-4-3-5-16(18)10-13)9-15-6-7-21-12-17(15)19/h3-7,10,12,14,20H,2,8-9,11H2,1H3. The predicted molar refractivity (Wildman–Crippen MR) is 90.1 cm³/mol. The van der Waals surface area contributed by atoms with Crippen molar-refractivity contribution >= 4 is 23.2 Å². The minimum atomic E-state index is 0.475. The molecule has 1 heterocycles. The SMILES string of the molecule is CCNCC(Cc1cccc(Cl)c1)Cc1ccncc1Cl. The molecule has 2 aromatic rings. The van der Waals surface area contributed by atoms with Crippen molar-refractivity contribution in [1.82, 2.24) is 10.3 Å². The van der Waals surface area contributed by atoms with E-state index >= 15 is 0 Å². The lowest BCUT2D eigenvalue weighted by Gasteiger charge is -2.18. The third kappa shape index (κ3) is 5.31. The number of pyridine rings is 1. The average Bonchev–Trinajstić information content (AvgIpc) is 2.47. The lowest BCUT2D eigenvalue weighted by Crippen LogP contribution is -2.25. The van der Waals surface area contributed by atoms with Gasteiger partial charge in [-0.3, -0.25) is 4.98 Å². The zero-order chi connectivity index (χ0) is 15.1. The maximum atomic E-state index is 6.23. The molecule has 1 aromatic heterocycles. The zero-order valence-electron chi connectivity index (χ0n) is 12.2. The van der Waals surface area contributed by atoms with E-state index in [1.807, 2.05) is 24.3 Å². The van der Waals surface area contributed by atoms with E-state index in [0.29, 0.717) is 5.92 Å². The Hall–Kier alpha value is -1.09. The van der Waals surface area contributed by atoms with Gasteiger partial charge in [0, 0.05) is 17.4 Å². The fourth-order valence-corrected chi connectivity index (χ4v) is 2.85. The molecular formula is C17H20Cl2N2. The molecule has 0 aliphatic rings. The Balaban J connectivity index is 2.09. The van der Waals surface area contributed by atoms with Crippen LogP contribution in [0.25, 0.3) is 0 Å². The number of benzene rings is 1. The van der Waals surface area contributed by atoms with Crippen LogP contribution < -0.4 is 5.32 Å². The van der Waals surface area contributed by atoms with E-state index in [2.05, 4.69) is 23.3 Å². The summed E-state index contributed by atoms with van der Waals surface area (Å²) in [6.07, 6.45) is 5.42. The zero-order valence-corrected chi connectivity index (χ0v) is 13.7. The van der Waals surface area contributed by atoms with Crippen molar-refractivity contribution in [1.29, 1.82) is 0 Å². The van der Waals surface area contributed by atoms with E-state index < -0.39 is 0 Å². The summed E-state index contributed by atoms with van der Waals surface area (Å²) < 4.78 is 0. The first kappa shape index (κ1) is 16.3. The topological polar surface area (TPSA) is 24.9 Å². The summed E-state index contributed by atoms with van der Waals surface area (Å²) in [4.78, 5) is 4.04. The van der Waals surface area contributed by atoms with Crippen molar-refractivity contribution in [2.24, 2.45) is 5.92 Å². The van der Waals surface area contributed by atoms with Gasteiger partial charge in [0.05, 0.1) is 5.02 Å². The molecule has 112 valence electrons. The number of nitrogens with zero attached hydrogens (tertiary/aromatic N) is 1. The van der Waals surface area contributed by atoms with Crippen LogP contribution in [0.1, 0.15) is 18.1 Å². The number of hydrogen-bond donors (Lipinski definition) is 1. The lowest BCUT2D eigenvalue weighted by atomic mass is 9.93. The first-order valence-corrected chi connectivity index (χ1v) is 7.98. The summed E-state index contributed by atoms with van der Waals surface area (Å²) in [5.41, 5.74) is 2.41. The van der Waals surface area contributed by atoms with E-state index in [4.69, 9.17) is 23.2 Å². The maximum absolute atomic E-state index is 6.23. The van der Waals surface area contributed by atoms with E-state index in [1.54, 1.807) is 12.4 Å². The van der Waals surface area contributed by atoms with E-state index in [0.717, 1.165) is 41.5 Å². The molecule has 0 saturated heterocycles. The summed E-state index contributed by atoms with van der Waals surface area (Å²) in [7, 11) is 0. The van der Waals surface area contributed by atoms with Crippen molar-refractivity contribution in [3.63, 3.8) is 0 Å². The van der Waals surface area contributed by atoms with E-state index in [1.165, 1.54) is 5.56 Å². The molecule has 1 unspecified atom stereocenters. The molecule has 0 amide bonds. The fraction of sp³-hybridized carbons (Fsp3) is 0.353. The number of halogens is 2. The highest BCUT2D eigenvalue weighted by Crippen LogP contribution is 2.21. The van der Waals surface area contributed by atoms with E-state index in [-0.39, 0.29) is 0 Å². The van der Waals surface area contributed by atoms with Crippen LogP contribution in [-0.4, -0.2) is 18.1 Å². The van der Waals surface area contributed by atoms with Crippen molar-refractivity contribution < 1.29 is 0 Å². The first-order valence-electron chi connectivity index (χ1n) is 7.22. The molecule has 0 saturated carbocycles. The second-order valence-electron chi connectivity index (χ2n) is 5.18. The average molecular weight is 323 g/mol. The first-order chi connectivity index (χ1) is 10.2. The molecule has 1 N–H and O–H groups in total. The molecule has 4 heteroatoms. The van der Waals surface area contributed by atoms with Crippen LogP contribution >= 0.6 is 23.2 Å². The number of hydrogen-bond acceptors (Lipinski definition) is 2. The normalized spacial score (nSPS) is 12.3. The number of nitrogens with one attached hydrogen (secondary N) is 1. The molecule has 1 aromatic carbocycles. The van der Waals surface area contributed by atoms with Gasteiger partial charge in [0.15, 0.2) is 0 Å². The number of rotatable bonds is 7. The fourth-order valence-electron chi connectivity index (χ4n) is 2.44. The Kier molecular flexibility index (Phi) is 6.50. The lowest BCUT2D eigenvalue weighted by molar-refractivity contribution is 0.478. The van der Waals surface area contributed by atoms with Crippen LogP contribution in [-0.2, 0) is 12.8 Å². The predicted octanol–water partition coefficient (Wildman–Crippen LogP) is 4.40. The van der Waals surface area contributed by atoms with Crippen molar-refractivity contribution in [3.05, 3.63) is 63.9 Å². The van der Waals surface area contributed by atoms with Crippen LogP contribution in [0.2, 0.25) is 10.0 Å². The van der Waals surface area contributed by atoms with Gasteiger partial charge < -0.3 is 5.32 Å². The molecule has 0 spiro atoms. The van der Waals surface area contributed by atoms with Crippen molar-refractivity contribution in [2.75, 3.05) is 13.1 Å². The van der Waals surface area contributed by atoms with Crippen molar-refractivity contribution in [2.45, 2.75) is 19.8 Å². The molecule has 0 bridgehead atoms. The highest BCUT2D eigenvalue weighted by atomic mass is 35.5. The Bertz CT molecular complexity index is 572. The van der Waals surface area contributed by atoms with Crippen LogP contribution in [0.4, 0.5) is 0 Å². The molecule has 2 nitrogen and oxygen atoms in total. The maximum Gasteiger partial charge on any atom is 0.0621 e. The van der Waals surface area contributed by atoms with Gasteiger partial charge in [-0.25, -0.2) is 0 Å². The Labute approximate surface area is 136 Å². The van der Waals surface area contributed by atoms with Crippen LogP contribution in [0.3, 0.4) is 0 Å². The third-order valence-electron chi connectivity index (χ3n) is 3.46. The van der Waals surface area contributed by atoms with Gasteiger partial charge >= 0.3 is 0 Å². The van der Waals surface area contributed by atoms with Gasteiger partial charge in [-0.2, -0.15) is 0 Å². The van der Waals surface area contributed by atoms with Gasteiger partial charge in [-0.1, -0.05) is 42.3 Å². The number of aromatic nitrogens is 1. The summed E-state index contributed by atoms with van der Waals surface area (Å²) in [6.45, 7) is 4.05. The largest absolute Gasteiger partial charge is 0.317 e. The Morgan fingerprint density at radius 2 is 2.05 bits per heavy atom. The van der Waals surface area contributed by atoms with Crippen molar-refractivity contribution in [3.8, 4) is 0 Å². The molecule has 2 rings (SSSR count). The molecular weight excluding hydrogens is 303 g/mol. The van der Waals surface area contributed by atoms with Gasteiger partial charge in [0.1, 0.15) is 0 Å². The molecule has 21 heavy (non-hydrogen) atoms. The molecule has 0 aliphatic carbocycles. The minimum Gasteiger partial charge on any atom is -0.317 e. The molecule has 1 atom stereocenters. The highest BCUT2D eigenvalue weighted by molar-refractivity contribution is 6.31. The van der Waals surface area contributed by atoms with Crippen LogP contribution in [0.15, 0.2) is 42.7 Å². The summed E-state index contributed by atoms with van der Waals surface area (Å²) in [5.74, 6) is 0.475. The minimum absolute atomic E-state index is 0.475. The van der Waals surface area contributed by atoms with Gasteiger partial charge in [-0.15, -0.1) is 0 Å². The van der Waals surface area contributed by atoms with Gasteiger partial charge in [0.25, 0.3) is 0 Å². The second kappa shape index (κ2) is 8.38. The molecule has 0 radical (unpaired) electrons. The molecule has 0 aliphatic heterocycles. The smallest absolute Gasteiger partial charge is 0.0621 e. The van der Waals surface area contributed by atoms with Crippen LogP contribution in [0, 0.1) is 5.92 Å². The highest BCUT2D eigenvalue weighted by Gasteiger charge is 2.13. The van der Waals surface area contributed by atoms with E-state index in [9.17, 15) is 0 Å². The summed E-state index contributed by atoms with van der Waals surface area (Å²) >= 11 is 12.3. The summed E-state index contributed by atoms with van der Waals surface area (Å²) in [6, 6.07) is 10.1. The molecule has 0 fully saturated rings. The third-order valence-corrected chi connectivity index (χ3v) is 4.04. The summed E-state index contributed by atoms with van der Waals surface area (Å²) in [5, 5.41) is 4.96. The van der Waals surface area contributed by atoms with Crippen LogP contribution in [0.5, 0.6) is 0 Å². The van der Waals surface area contributed by atoms with Gasteiger partial charge in [-0.05, 0) is 61.2 Å². The monoisotopic (exact) mass is 322 g/mol. The second-order valence-corrected chi connectivity index (χ2v) is 6.02. The quantitative estimate of drug-likeness (QED) is 0.817. The Morgan fingerprint density at radius 1 is 1.19 bits per heavy atom.